The van der Waals surface area contributed by atoms with E-state index in [2.05, 4.69) is 52.3 Å². The molecule has 1 saturated heterocycles. The van der Waals surface area contributed by atoms with Crippen molar-refractivity contribution in [3.63, 3.8) is 0 Å². The molecule has 176 valence electrons. The lowest BCUT2D eigenvalue weighted by atomic mass is 9.93. The molecule has 1 atom stereocenters. The van der Waals surface area contributed by atoms with Crippen LogP contribution in [0.2, 0.25) is 0 Å². The van der Waals surface area contributed by atoms with Crippen molar-refractivity contribution in [2.75, 3.05) is 25.4 Å². The van der Waals surface area contributed by atoms with Crippen molar-refractivity contribution >= 4 is 23.9 Å². The van der Waals surface area contributed by atoms with E-state index in [-0.39, 0.29) is 0 Å². The first-order valence-corrected chi connectivity index (χ1v) is 12.3. The Balaban J connectivity index is 1.43. The summed E-state index contributed by atoms with van der Waals surface area (Å²) in [5.74, 6) is 1.77. The zero-order valence-electron chi connectivity index (χ0n) is 19.5. The lowest BCUT2D eigenvalue weighted by molar-refractivity contribution is -0.115. The van der Waals surface area contributed by atoms with Crippen LogP contribution in [0.25, 0.3) is 11.5 Å². The molecule has 9 heteroatoms. The number of aliphatic hydroxyl groups excluding tert-OH is 1. The summed E-state index contributed by atoms with van der Waals surface area (Å²) in [5, 5.41) is 10.2. The molecule has 0 aliphatic carbocycles. The first kappa shape index (κ1) is 23.7. The normalized spacial score (nSPS) is 16.4. The van der Waals surface area contributed by atoms with Gasteiger partial charge in [-0.1, -0.05) is 6.07 Å². The molecule has 3 aliphatic rings. The zero-order valence-corrected chi connectivity index (χ0v) is 20.3. The van der Waals surface area contributed by atoms with Crippen molar-refractivity contribution in [3.05, 3.63) is 35.2 Å². The van der Waals surface area contributed by atoms with Crippen molar-refractivity contribution < 1.29 is 9.90 Å². The molecule has 0 aromatic heterocycles. The number of anilines is 1. The number of nitrogens with two attached hydrogens (primary N) is 1. The molecule has 1 unspecified atom stereocenters. The number of aldehydes is 1. The number of hydrogen-bond donors (Lipinski definition) is 2. The second kappa shape index (κ2) is 10.2. The molecule has 4 rings (SSSR count). The highest BCUT2D eigenvalue weighted by Gasteiger charge is 2.23. The van der Waals surface area contributed by atoms with E-state index in [1.807, 2.05) is 0 Å². The van der Waals surface area contributed by atoms with Crippen molar-refractivity contribution in [2.45, 2.75) is 62.7 Å². The Labute approximate surface area is 199 Å². The van der Waals surface area contributed by atoms with Gasteiger partial charge in [-0.3, -0.25) is 0 Å². The van der Waals surface area contributed by atoms with E-state index in [0.717, 1.165) is 49.6 Å². The summed E-state index contributed by atoms with van der Waals surface area (Å²) in [6, 6.07) is 4.38. The standard InChI is InChI=1S/C24H32N6O2S/c1-15-10-17(3)20(11-16(15)2)33-24-27-21-22(25)26-14-30(23(21)28-24)9-6-18-4-7-29(8-5-18)12-19(32)13-31/h10-11,13-14,18-19,32H,4-9,12,25H2,1-3H3. The molecule has 3 heterocycles. The Kier molecular flexibility index (Phi) is 7.31. The van der Waals surface area contributed by atoms with Gasteiger partial charge in [-0.25, -0.2) is 15.0 Å². The first-order valence-electron chi connectivity index (χ1n) is 11.4. The first-order chi connectivity index (χ1) is 15.8. The quantitative estimate of drug-likeness (QED) is 0.485. The summed E-state index contributed by atoms with van der Waals surface area (Å²) in [4.78, 5) is 27.8. The number of aliphatic hydroxyl groups is 1. The molecule has 0 bridgehead atoms. The number of nitrogens with zero attached hydrogens (tertiary/aromatic N) is 5. The predicted octanol–water partition coefficient (Wildman–Crippen LogP) is 3.10. The number of fused-ring (bicyclic) bond motifs is 1. The molecule has 3 N–H and O–H groups in total. The number of β-amino-alcohol motifs (C(OH)–C–C–N with tert-alkyl or cyclic N) is 1. The van der Waals surface area contributed by atoms with E-state index >= 15 is 0 Å². The van der Waals surface area contributed by atoms with Crippen molar-refractivity contribution in [3.8, 4) is 11.5 Å². The minimum Gasteiger partial charge on any atom is -0.384 e. The number of likely N-dealkylation sites (tertiary alicyclic amines) is 1. The number of imidazole rings is 1. The molecule has 3 aliphatic heterocycles. The fourth-order valence-corrected chi connectivity index (χ4v) is 5.29. The number of piperidine rings is 1. The number of rotatable bonds is 8. The van der Waals surface area contributed by atoms with Crippen LogP contribution in [0.4, 0.5) is 5.82 Å². The van der Waals surface area contributed by atoms with E-state index in [1.165, 1.54) is 16.7 Å². The Morgan fingerprint density at radius 3 is 2.64 bits per heavy atom. The Morgan fingerprint density at radius 2 is 1.91 bits per heavy atom. The molecule has 1 aromatic rings. The summed E-state index contributed by atoms with van der Waals surface area (Å²) < 4.78 is 2.05. The highest BCUT2D eigenvalue weighted by Crippen LogP contribution is 2.34. The van der Waals surface area contributed by atoms with Crippen LogP contribution in [0, 0.1) is 26.7 Å². The maximum Gasteiger partial charge on any atom is 0.195 e. The average Bonchev–Trinajstić information content (AvgIpc) is 3.23. The van der Waals surface area contributed by atoms with Crippen LogP contribution < -0.4 is 5.73 Å². The van der Waals surface area contributed by atoms with Gasteiger partial charge < -0.3 is 25.1 Å². The van der Waals surface area contributed by atoms with Crippen molar-refractivity contribution in [1.29, 1.82) is 0 Å². The second-order valence-corrected chi connectivity index (χ2v) is 10.1. The number of carbonyl (C=O) groups is 1. The number of aromatic nitrogens is 4. The largest absolute Gasteiger partial charge is 0.384 e. The van der Waals surface area contributed by atoms with Gasteiger partial charge in [0.2, 0.25) is 0 Å². The third-order valence-electron chi connectivity index (χ3n) is 6.55. The highest BCUT2D eigenvalue weighted by atomic mass is 32.2. The maximum atomic E-state index is 10.7. The molecule has 1 aromatic carbocycles. The van der Waals surface area contributed by atoms with E-state index in [0.29, 0.717) is 35.4 Å². The number of aryl methyl sites for hydroxylation is 4. The number of nitrogen functional groups attached to an aromatic ring is 1. The van der Waals surface area contributed by atoms with Gasteiger partial charge in [-0.05, 0) is 93.6 Å². The predicted molar refractivity (Wildman–Crippen MR) is 129 cm³/mol. The molecule has 8 nitrogen and oxygen atoms in total. The van der Waals surface area contributed by atoms with Crippen LogP contribution in [-0.4, -0.2) is 61.5 Å². The van der Waals surface area contributed by atoms with Crippen molar-refractivity contribution in [1.82, 2.24) is 24.4 Å². The molecule has 0 radical (unpaired) electrons. The van der Waals surface area contributed by atoms with Gasteiger partial charge in [0.25, 0.3) is 0 Å². The van der Waals surface area contributed by atoms with Crippen LogP contribution >= 0.6 is 11.8 Å². The zero-order chi connectivity index (χ0) is 23.5. The Hall–Kier alpha value is -2.49. The van der Waals surface area contributed by atoms with Gasteiger partial charge >= 0.3 is 0 Å². The number of hydrogen-bond acceptors (Lipinski definition) is 8. The average molecular weight is 469 g/mol. The van der Waals surface area contributed by atoms with E-state index in [9.17, 15) is 9.90 Å². The minimum absolute atomic E-state index is 0.402. The monoisotopic (exact) mass is 468 g/mol. The number of carbonyl (C=O) groups excluding carboxylic acids is 1. The summed E-state index contributed by atoms with van der Waals surface area (Å²) in [6.45, 7) is 9.39. The van der Waals surface area contributed by atoms with E-state index in [4.69, 9.17) is 10.7 Å². The second-order valence-electron chi connectivity index (χ2n) is 9.04. The van der Waals surface area contributed by atoms with Crippen LogP contribution in [0.15, 0.2) is 28.5 Å². The lowest BCUT2D eigenvalue weighted by Crippen LogP contribution is -2.39. The van der Waals surface area contributed by atoms with Crippen LogP contribution in [0.3, 0.4) is 0 Å². The fourth-order valence-electron chi connectivity index (χ4n) is 4.37. The van der Waals surface area contributed by atoms with Gasteiger partial charge in [0.05, 0.1) is 6.33 Å². The lowest BCUT2D eigenvalue weighted by Gasteiger charge is -2.32. The van der Waals surface area contributed by atoms with E-state index in [1.54, 1.807) is 18.1 Å². The van der Waals surface area contributed by atoms with Crippen molar-refractivity contribution in [2.24, 2.45) is 5.92 Å². The molecule has 33 heavy (non-hydrogen) atoms. The molecular weight excluding hydrogens is 436 g/mol. The van der Waals surface area contributed by atoms with Gasteiger partial charge in [-0.2, -0.15) is 0 Å². The fraction of sp³-hybridized carbons (Fsp3) is 0.500. The van der Waals surface area contributed by atoms with E-state index < -0.39 is 6.10 Å². The molecule has 1 fully saturated rings. The molecule has 0 spiro atoms. The summed E-state index contributed by atoms with van der Waals surface area (Å²) in [7, 11) is 0. The number of benzene rings is 1. The van der Waals surface area contributed by atoms with Gasteiger partial charge in [0.1, 0.15) is 12.4 Å². The minimum atomic E-state index is -0.887. The molecule has 0 saturated carbocycles. The molecule has 0 amide bonds. The summed E-state index contributed by atoms with van der Waals surface area (Å²) in [5.41, 5.74) is 10.5. The third kappa shape index (κ3) is 5.54. The maximum absolute atomic E-state index is 10.7. The Bertz CT molecular complexity index is 1090. The highest BCUT2D eigenvalue weighted by molar-refractivity contribution is 7.99. The van der Waals surface area contributed by atoms with Gasteiger partial charge in [0.15, 0.2) is 22.5 Å². The SMILES string of the molecule is Cc1cc(C)c(Sc2nc3c(N)ncn(CCC4CCN(CC(O)C=O)CC4)c-3n2)cc1C. The summed E-state index contributed by atoms with van der Waals surface area (Å²) in [6.07, 6.45) is 4.60. The topological polar surface area (TPSA) is 110 Å². The van der Waals surface area contributed by atoms with Crippen LogP contribution in [-0.2, 0) is 11.3 Å². The van der Waals surface area contributed by atoms with Crippen LogP contribution in [0.5, 0.6) is 0 Å². The van der Waals surface area contributed by atoms with Gasteiger partial charge in [0, 0.05) is 18.0 Å². The van der Waals surface area contributed by atoms with Crippen LogP contribution in [0.1, 0.15) is 36.0 Å². The smallest absolute Gasteiger partial charge is 0.195 e. The van der Waals surface area contributed by atoms with Gasteiger partial charge in [-0.15, -0.1) is 0 Å². The summed E-state index contributed by atoms with van der Waals surface area (Å²) >= 11 is 1.56. The molecular formula is C24H32N6O2S. The Morgan fingerprint density at radius 1 is 1.18 bits per heavy atom. The third-order valence-corrected chi connectivity index (χ3v) is 7.58.